The quantitative estimate of drug-likeness (QED) is 0.321. The predicted molar refractivity (Wildman–Crippen MR) is 146 cm³/mol. The lowest BCUT2D eigenvalue weighted by atomic mass is 10.1. The zero-order valence-corrected chi connectivity index (χ0v) is 22.2. The summed E-state index contributed by atoms with van der Waals surface area (Å²) in [7, 11) is 1.52. The molecule has 1 amide bonds. The molecule has 9 heteroatoms. The first-order valence-electron chi connectivity index (χ1n) is 10.5. The lowest BCUT2D eigenvalue weighted by molar-refractivity contribution is -0.115. The Morgan fingerprint density at radius 1 is 1.06 bits per heavy atom. The molecule has 1 aliphatic heterocycles. The first-order chi connectivity index (χ1) is 16.7. The van der Waals surface area contributed by atoms with Gasteiger partial charge in [0.25, 0.3) is 5.91 Å². The van der Waals surface area contributed by atoms with Crippen molar-refractivity contribution >= 4 is 69.4 Å². The summed E-state index contributed by atoms with van der Waals surface area (Å²) in [6.07, 6.45) is 1.74. The van der Waals surface area contributed by atoms with Gasteiger partial charge in [-0.15, -0.1) is 0 Å². The molecule has 0 atom stereocenters. The van der Waals surface area contributed by atoms with E-state index in [9.17, 15) is 4.79 Å². The van der Waals surface area contributed by atoms with Crippen molar-refractivity contribution < 1.29 is 14.3 Å². The van der Waals surface area contributed by atoms with Gasteiger partial charge < -0.3 is 14.8 Å². The summed E-state index contributed by atoms with van der Waals surface area (Å²) in [5.41, 5.74) is 4.48. The molecule has 0 saturated carbocycles. The number of carbonyl (C=O) groups excluding carboxylic acids is 1. The Morgan fingerprint density at radius 2 is 1.86 bits per heavy atom. The van der Waals surface area contributed by atoms with E-state index in [1.165, 1.54) is 18.9 Å². The van der Waals surface area contributed by atoms with Crippen LogP contribution in [0.3, 0.4) is 0 Å². The number of aliphatic imine (C=N–C) groups is 1. The van der Waals surface area contributed by atoms with Crippen molar-refractivity contribution in [3.63, 3.8) is 0 Å². The summed E-state index contributed by atoms with van der Waals surface area (Å²) < 4.78 is 11.4. The number of ether oxygens (including phenoxy) is 2. The predicted octanol–water partition coefficient (Wildman–Crippen LogP) is 7.74. The summed E-state index contributed by atoms with van der Waals surface area (Å²) in [4.78, 5) is 17.7. The number of methoxy groups -OCH3 is 1. The molecule has 1 saturated heterocycles. The molecule has 1 fully saturated rings. The molecule has 1 aliphatic rings. The number of amides is 1. The third kappa shape index (κ3) is 5.96. The van der Waals surface area contributed by atoms with E-state index in [1.54, 1.807) is 36.4 Å². The summed E-state index contributed by atoms with van der Waals surface area (Å²) in [5, 5.41) is 4.72. The maximum absolute atomic E-state index is 12.6. The van der Waals surface area contributed by atoms with Crippen LogP contribution in [0.25, 0.3) is 6.08 Å². The monoisotopic (exact) mass is 546 g/mol. The Bertz CT molecular complexity index is 1370. The zero-order chi connectivity index (χ0) is 25.1. The van der Waals surface area contributed by atoms with Crippen LogP contribution < -0.4 is 14.8 Å². The third-order valence-electron chi connectivity index (χ3n) is 5.39. The van der Waals surface area contributed by atoms with Gasteiger partial charge in [0.2, 0.25) is 0 Å². The van der Waals surface area contributed by atoms with Gasteiger partial charge in [0.1, 0.15) is 6.61 Å². The number of nitrogens with zero attached hydrogens (tertiary/aromatic N) is 1. The number of benzene rings is 3. The number of thioether (sulfide) groups is 1. The molecule has 0 spiro atoms. The first kappa shape index (κ1) is 25.5. The molecule has 0 unspecified atom stereocenters. The molecule has 1 heterocycles. The van der Waals surface area contributed by atoms with Crippen LogP contribution in [0, 0.1) is 13.8 Å². The maximum atomic E-state index is 12.6. The number of nitrogens with one attached hydrogen (secondary N) is 1. The Hall–Kier alpha value is -2.64. The Morgan fingerprint density at radius 3 is 2.60 bits per heavy atom. The fourth-order valence-electron chi connectivity index (χ4n) is 3.35. The highest BCUT2D eigenvalue weighted by Crippen LogP contribution is 2.39. The molecule has 0 aromatic heterocycles. The highest BCUT2D eigenvalue weighted by molar-refractivity contribution is 8.18. The van der Waals surface area contributed by atoms with Gasteiger partial charge in [0, 0.05) is 15.6 Å². The van der Waals surface area contributed by atoms with Crippen molar-refractivity contribution in [2.75, 3.05) is 7.11 Å². The molecule has 3 aromatic carbocycles. The molecule has 0 bridgehead atoms. The fraction of sp³-hybridized carbons (Fsp3) is 0.154. The molecular formula is C26H21Cl3N2O3S. The molecular weight excluding hydrogens is 527 g/mol. The van der Waals surface area contributed by atoms with Gasteiger partial charge in [-0.25, -0.2) is 4.99 Å². The Kier molecular flexibility index (Phi) is 7.97. The van der Waals surface area contributed by atoms with Crippen molar-refractivity contribution in [3.05, 3.63) is 90.8 Å². The Balaban J connectivity index is 1.55. The number of aryl methyl sites for hydroxylation is 1. The number of rotatable bonds is 6. The first-order valence-corrected chi connectivity index (χ1v) is 12.5. The minimum absolute atomic E-state index is 0.184. The zero-order valence-electron chi connectivity index (χ0n) is 19.1. The second-order valence-electron chi connectivity index (χ2n) is 7.76. The van der Waals surface area contributed by atoms with Crippen LogP contribution in [0.5, 0.6) is 11.5 Å². The molecule has 180 valence electrons. The summed E-state index contributed by atoms with van der Waals surface area (Å²) >= 11 is 20.0. The normalized spacial score (nSPS) is 15.5. The minimum Gasteiger partial charge on any atom is -0.493 e. The van der Waals surface area contributed by atoms with E-state index in [0.717, 1.165) is 22.4 Å². The van der Waals surface area contributed by atoms with Crippen molar-refractivity contribution in [1.82, 2.24) is 5.32 Å². The third-order valence-corrected chi connectivity index (χ3v) is 7.16. The maximum Gasteiger partial charge on any atom is 0.264 e. The van der Waals surface area contributed by atoms with Gasteiger partial charge >= 0.3 is 0 Å². The van der Waals surface area contributed by atoms with E-state index in [-0.39, 0.29) is 12.5 Å². The van der Waals surface area contributed by atoms with Crippen molar-refractivity contribution in [3.8, 4) is 11.5 Å². The smallest absolute Gasteiger partial charge is 0.264 e. The van der Waals surface area contributed by atoms with E-state index in [1.807, 2.05) is 32.0 Å². The average molecular weight is 548 g/mol. The van der Waals surface area contributed by atoms with Gasteiger partial charge in [0.15, 0.2) is 16.7 Å². The molecule has 1 N–H and O–H groups in total. The summed E-state index contributed by atoms with van der Waals surface area (Å²) in [6.45, 7) is 4.22. The molecule has 4 rings (SSSR count). The van der Waals surface area contributed by atoms with E-state index >= 15 is 0 Å². The van der Waals surface area contributed by atoms with Crippen LogP contribution in [0.15, 0.2) is 58.4 Å². The number of amidine groups is 1. The van der Waals surface area contributed by atoms with Crippen LogP contribution in [-0.4, -0.2) is 18.2 Å². The second kappa shape index (κ2) is 11.0. The highest BCUT2D eigenvalue weighted by atomic mass is 35.5. The highest BCUT2D eigenvalue weighted by Gasteiger charge is 2.24. The minimum atomic E-state index is -0.230. The molecule has 0 radical (unpaired) electrons. The SMILES string of the molecule is COc1cc(/C=C2\SC(=Nc3cccc(C)c3C)NC2=O)cc(Cl)c1OCc1ccc(Cl)cc1Cl. The number of hydrogen-bond acceptors (Lipinski definition) is 5. The van der Waals surface area contributed by atoms with Crippen LogP contribution >= 0.6 is 46.6 Å². The summed E-state index contributed by atoms with van der Waals surface area (Å²) in [5.74, 6) is 0.581. The number of carbonyl (C=O) groups is 1. The molecule has 3 aromatic rings. The molecule has 0 aliphatic carbocycles. The average Bonchev–Trinajstić information content (AvgIpc) is 3.15. The van der Waals surface area contributed by atoms with Gasteiger partial charge in [-0.1, -0.05) is 53.0 Å². The van der Waals surface area contributed by atoms with E-state index in [4.69, 9.17) is 44.3 Å². The van der Waals surface area contributed by atoms with E-state index in [2.05, 4.69) is 10.3 Å². The van der Waals surface area contributed by atoms with E-state index in [0.29, 0.717) is 42.2 Å². The fourth-order valence-corrected chi connectivity index (χ4v) is 4.92. The van der Waals surface area contributed by atoms with Crippen LogP contribution in [0.4, 0.5) is 5.69 Å². The summed E-state index contributed by atoms with van der Waals surface area (Å²) in [6, 6.07) is 14.5. The van der Waals surface area contributed by atoms with Gasteiger partial charge in [-0.2, -0.15) is 0 Å². The topological polar surface area (TPSA) is 59.9 Å². The Labute approximate surface area is 223 Å². The van der Waals surface area contributed by atoms with Crippen LogP contribution in [-0.2, 0) is 11.4 Å². The van der Waals surface area contributed by atoms with Crippen LogP contribution in [0.1, 0.15) is 22.3 Å². The van der Waals surface area contributed by atoms with Gasteiger partial charge in [-0.05, 0) is 78.7 Å². The second-order valence-corrected chi connectivity index (χ2v) is 10.0. The molecule has 5 nitrogen and oxygen atoms in total. The van der Waals surface area contributed by atoms with E-state index < -0.39 is 0 Å². The lowest BCUT2D eigenvalue weighted by Gasteiger charge is -2.14. The molecule has 35 heavy (non-hydrogen) atoms. The lowest BCUT2D eigenvalue weighted by Crippen LogP contribution is -2.19. The van der Waals surface area contributed by atoms with Crippen LogP contribution in [0.2, 0.25) is 15.1 Å². The number of halogens is 3. The van der Waals surface area contributed by atoms with Crippen molar-refractivity contribution in [1.29, 1.82) is 0 Å². The largest absolute Gasteiger partial charge is 0.493 e. The van der Waals surface area contributed by atoms with Gasteiger partial charge in [0.05, 0.1) is 22.7 Å². The standard InChI is InChI=1S/C26H21Cl3N2O3S/c1-14-5-4-6-21(15(14)2)30-26-31-25(32)23(35-26)11-16-9-20(29)24(22(10-16)33-3)34-13-17-7-8-18(27)12-19(17)28/h4-12H,13H2,1-3H3,(H,30,31,32)/b23-11-. The number of hydrogen-bond donors (Lipinski definition) is 1. The van der Waals surface area contributed by atoms with Crippen molar-refractivity contribution in [2.24, 2.45) is 4.99 Å². The van der Waals surface area contributed by atoms with Gasteiger partial charge in [-0.3, -0.25) is 4.79 Å². The van der Waals surface area contributed by atoms with Crippen molar-refractivity contribution in [2.45, 2.75) is 20.5 Å².